The Morgan fingerprint density at radius 2 is 2.04 bits per heavy atom. The van der Waals surface area contributed by atoms with Gasteiger partial charge in [-0.25, -0.2) is 8.42 Å². The van der Waals surface area contributed by atoms with E-state index in [1.807, 2.05) is 30.9 Å². The smallest absolute Gasteiger partial charge is 0.223 e. The molecule has 3 rings (SSSR count). The van der Waals surface area contributed by atoms with Crippen molar-refractivity contribution in [1.29, 1.82) is 0 Å². The van der Waals surface area contributed by atoms with Crippen LogP contribution >= 0.6 is 0 Å². The molecule has 2 saturated heterocycles. The van der Waals surface area contributed by atoms with E-state index in [0.717, 1.165) is 18.7 Å². The fraction of sp³-hybridized carbons (Fsp3) is 0.579. The number of rotatable bonds is 5. The lowest BCUT2D eigenvalue weighted by Gasteiger charge is -2.43. The molecule has 0 N–H and O–H groups in total. The molecule has 0 aliphatic carbocycles. The highest BCUT2D eigenvalue weighted by Crippen LogP contribution is 2.27. The van der Waals surface area contributed by atoms with Gasteiger partial charge in [0.1, 0.15) is 0 Å². The number of piperazine rings is 1. The lowest BCUT2D eigenvalue weighted by Crippen LogP contribution is -2.60. The van der Waals surface area contributed by atoms with Crippen LogP contribution in [0.25, 0.3) is 0 Å². The van der Waals surface area contributed by atoms with E-state index in [4.69, 9.17) is 0 Å². The van der Waals surface area contributed by atoms with Gasteiger partial charge in [-0.05, 0) is 31.9 Å². The number of allylic oxidation sites excluding steroid dienone is 1. The molecular formula is C19H27N3O3S. The van der Waals surface area contributed by atoms with Crippen molar-refractivity contribution >= 4 is 15.7 Å². The molecule has 7 heteroatoms. The number of fused-ring (bicyclic) bond motifs is 1. The number of aromatic nitrogens is 1. The van der Waals surface area contributed by atoms with Crippen molar-refractivity contribution in [2.45, 2.75) is 38.8 Å². The molecule has 2 aliphatic heterocycles. The Balaban J connectivity index is 1.69. The van der Waals surface area contributed by atoms with Crippen LogP contribution < -0.4 is 0 Å². The van der Waals surface area contributed by atoms with Gasteiger partial charge in [-0.2, -0.15) is 0 Å². The molecule has 6 nitrogen and oxygen atoms in total. The van der Waals surface area contributed by atoms with Crippen molar-refractivity contribution < 1.29 is 13.2 Å². The maximum atomic E-state index is 12.8. The molecule has 2 fully saturated rings. The molecule has 0 radical (unpaired) electrons. The minimum atomic E-state index is -3.10. The van der Waals surface area contributed by atoms with E-state index in [9.17, 15) is 13.2 Å². The first-order chi connectivity index (χ1) is 12.4. The third-order valence-electron chi connectivity index (χ3n) is 5.20. The summed E-state index contributed by atoms with van der Waals surface area (Å²) in [6.45, 7) is 6.15. The maximum Gasteiger partial charge on any atom is 0.223 e. The van der Waals surface area contributed by atoms with Gasteiger partial charge in [0.25, 0.3) is 0 Å². The highest BCUT2D eigenvalue weighted by Gasteiger charge is 2.47. The SMILES string of the molecule is CC(C)=CCN1CCN(C(=O)CCc2cccnc2)[C@H]2CS(=O)(=O)C[C@H]21. The van der Waals surface area contributed by atoms with Crippen LogP contribution in [0.3, 0.4) is 0 Å². The first-order valence-electron chi connectivity index (χ1n) is 9.12. The van der Waals surface area contributed by atoms with Gasteiger partial charge >= 0.3 is 0 Å². The van der Waals surface area contributed by atoms with Crippen molar-refractivity contribution in [3.8, 4) is 0 Å². The molecule has 3 heterocycles. The van der Waals surface area contributed by atoms with Gasteiger partial charge in [-0.1, -0.05) is 17.7 Å². The largest absolute Gasteiger partial charge is 0.336 e. The Labute approximate surface area is 155 Å². The number of amides is 1. The normalized spacial score (nSPS) is 24.9. The van der Waals surface area contributed by atoms with Gasteiger partial charge < -0.3 is 4.90 Å². The van der Waals surface area contributed by atoms with Crippen LogP contribution in [-0.2, 0) is 21.1 Å². The predicted octanol–water partition coefficient (Wildman–Crippen LogP) is 1.29. The maximum absolute atomic E-state index is 12.8. The summed E-state index contributed by atoms with van der Waals surface area (Å²) >= 11 is 0. The fourth-order valence-electron chi connectivity index (χ4n) is 3.80. The molecule has 0 saturated carbocycles. The first kappa shape index (κ1) is 19.0. The Morgan fingerprint density at radius 1 is 1.27 bits per heavy atom. The van der Waals surface area contributed by atoms with E-state index in [-0.39, 0.29) is 29.5 Å². The van der Waals surface area contributed by atoms with Crippen molar-refractivity contribution in [3.05, 3.63) is 41.7 Å². The van der Waals surface area contributed by atoms with E-state index in [0.29, 0.717) is 19.4 Å². The summed E-state index contributed by atoms with van der Waals surface area (Å²) in [6.07, 6.45) is 6.64. The van der Waals surface area contributed by atoms with E-state index in [2.05, 4.69) is 16.0 Å². The third-order valence-corrected chi connectivity index (χ3v) is 6.89. The van der Waals surface area contributed by atoms with Crippen molar-refractivity contribution in [2.24, 2.45) is 0 Å². The number of nitrogens with zero attached hydrogens (tertiary/aromatic N) is 3. The molecule has 0 aromatic carbocycles. The molecule has 2 aliphatic rings. The van der Waals surface area contributed by atoms with Crippen molar-refractivity contribution in [2.75, 3.05) is 31.1 Å². The number of aryl methyl sites for hydroxylation is 1. The Hall–Kier alpha value is -1.73. The van der Waals surface area contributed by atoms with E-state index >= 15 is 0 Å². The van der Waals surface area contributed by atoms with Crippen molar-refractivity contribution in [1.82, 2.24) is 14.8 Å². The van der Waals surface area contributed by atoms with Gasteiger partial charge in [0.2, 0.25) is 5.91 Å². The predicted molar refractivity (Wildman–Crippen MR) is 102 cm³/mol. The molecule has 0 bridgehead atoms. The van der Waals surface area contributed by atoms with Gasteiger partial charge in [0.05, 0.1) is 17.5 Å². The molecule has 1 amide bonds. The minimum Gasteiger partial charge on any atom is -0.336 e. The number of hydrogen-bond donors (Lipinski definition) is 0. The highest BCUT2D eigenvalue weighted by molar-refractivity contribution is 7.91. The highest BCUT2D eigenvalue weighted by atomic mass is 32.2. The minimum absolute atomic E-state index is 0.0443. The Kier molecular flexibility index (Phi) is 5.77. The summed E-state index contributed by atoms with van der Waals surface area (Å²) in [5.41, 5.74) is 2.25. The standard InChI is InChI=1S/C19H27N3O3S/c1-15(2)7-9-21-10-11-22(18-14-26(24,25)13-17(18)21)19(23)6-5-16-4-3-8-20-12-16/h3-4,7-8,12,17-18H,5-6,9-11,13-14H2,1-2H3/t17-,18+/m1/s1. The fourth-order valence-corrected chi connectivity index (χ4v) is 5.81. The average molecular weight is 378 g/mol. The van der Waals surface area contributed by atoms with Crippen LogP contribution in [0.2, 0.25) is 0 Å². The molecular weight excluding hydrogens is 350 g/mol. The second-order valence-corrected chi connectivity index (χ2v) is 9.59. The van der Waals surface area contributed by atoms with Crippen molar-refractivity contribution in [3.63, 3.8) is 0 Å². The van der Waals surface area contributed by atoms with Crippen LogP contribution in [0, 0.1) is 0 Å². The second kappa shape index (κ2) is 7.88. The van der Waals surface area contributed by atoms with Crippen LogP contribution in [0.1, 0.15) is 25.8 Å². The van der Waals surface area contributed by atoms with E-state index < -0.39 is 9.84 Å². The zero-order valence-electron chi connectivity index (χ0n) is 15.5. The summed E-state index contributed by atoms with van der Waals surface area (Å²) < 4.78 is 24.5. The number of pyridine rings is 1. The number of carbonyl (C=O) groups excluding carboxylic acids is 1. The molecule has 26 heavy (non-hydrogen) atoms. The van der Waals surface area contributed by atoms with Crippen LogP contribution in [0.15, 0.2) is 36.2 Å². The lowest BCUT2D eigenvalue weighted by molar-refractivity contribution is -0.136. The van der Waals surface area contributed by atoms with Gasteiger partial charge in [0, 0.05) is 44.5 Å². The van der Waals surface area contributed by atoms with Gasteiger partial charge in [-0.15, -0.1) is 0 Å². The van der Waals surface area contributed by atoms with Crippen LogP contribution in [-0.4, -0.2) is 72.3 Å². The average Bonchev–Trinajstić information content (AvgIpc) is 2.93. The zero-order valence-corrected chi connectivity index (χ0v) is 16.3. The quantitative estimate of drug-likeness (QED) is 0.723. The number of carbonyl (C=O) groups is 1. The third kappa shape index (κ3) is 4.51. The van der Waals surface area contributed by atoms with E-state index in [1.165, 1.54) is 5.57 Å². The summed E-state index contributed by atoms with van der Waals surface area (Å²) in [5, 5.41) is 0. The molecule has 142 valence electrons. The summed E-state index contributed by atoms with van der Waals surface area (Å²) in [4.78, 5) is 20.9. The lowest BCUT2D eigenvalue weighted by atomic mass is 10.0. The molecule has 2 atom stereocenters. The first-order valence-corrected chi connectivity index (χ1v) is 10.9. The number of hydrogen-bond acceptors (Lipinski definition) is 5. The monoisotopic (exact) mass is 377 g/mol. The summed E-state index contributed by atoms with van der Waals surface area (Å²) in [5.74, 6) is 0.283. The topological polar surface area (TPSA) is 70.6 Å². The zero-order chi connectivity index (χ0) is 18.7. The second-order valence-electron chi connectivity index (χ2n) is 7.44. The number of sulfone groups is 1. The summed E-state index contributed by atoms with van der Waals surface area (Å²) in [6, 6.07) is 3.51. The summed E-state index contributed by atoms with van der Waals surface area (Å²) in [7, 11) is -3.10. The van der Waals surface area contributed by atoms with Gasteiger partial charge in [0.15, 0.2) is 9.84 Å². The molecule has 0 spiro atoms. The molecule has 1 aromatic heterocycles. The molecule has 0 unspecified atom stereocenters. The molecule has 1 aromatic rings. The van der Waals surface area contributed by atoms with Crippen LogP contribution in [0.4, 0.5) is 0 Å². The Morgan fingerprint density at radius 3 is 2.73 bits per heavy atom. The van der Waals surface area contributed by atoms with Gasteiger partial charge in [-0.3, -0.25) is 14.7 Å². The Bertz CT molecular complexity index is 772. The van der Waals surface area contributed by atoms with Crippen LogP contribution in [0.5, 0.6) is 0 Å². The van der Waals surface area contributed by atoms with E-state index in [1.54, 1.807) is 12.4 Å².